The lowest BCUT2D eigenvalue weighted by Crippen LogP contribution is -2.18. The van der Waals surface area contributed by atoms with E-state index in [9.17, 15) is 0 Å². The molecular weight excluding hydrogens is 170 g/mol. The highest BCUT2D eigenvalue weighted by molar-refractivity contribution is 7.09. The van der Waals surface area contributed by atoms with Gasteiger partial charge < -0.3 is 5.73 Å². The summed E-state index contributed by atoms with van der Waals surface area (Å²) in [6.45, 7) is 3.43. The molecule has 1 saturated heterocycles. The number of hydrogen-bond acceptors (Lipinski definition) is 4. The second-order valence-corrected chi connectivity index (χ2v) is 4.09. The second kappa shape index (κ2) is 3.41. The zero-order valence-corrected chi connectivity index (χ0v) is 7.81. The van der Waals surface area contributed by atoms with Gasteiger partial charge in [-0.05, 0) is 25.9 Å². The van der Waals surface area contributed by atoms with Gasteiger partial charge in [0, 0.05) is 5.38 Å². The standard InChI is InChI=1S/C8H13N3S/c9-7-6-12-8(10-7)5-11-3-1-2-4-11/h6H,1-5,9H2. The smallest absolute Gasteiger partial charge is 0.134 e. The molecule has 1 aromatic rings. The SMILES string of the molecule is Nc1csc(CN2CCCC2)n1. The number of nitrogen functional groups attached to an aromatic ring is 1. The summed E-state index contributed by atoms with van der Waals surface area (Å²) in [5, 5.41) is 3.06. The number of thiazole rings is 1. The Morgan fingerprint density at radius 2 is 2.25 bits per heavy atom. The van der Waals surface area contributed by atoms with Crippen LogP contribution in [-0.2, 0) is 6.54 Å². The number of hydrogen-bond donors (Lipinski definition) is 1. The van der Waals surface area contributed by atoms with Crippen molar-refractivity contribution in [1.82, 2.24) is 9.88 Å². The maximum atomic E-state index is 5.53. The molecule has 0 saturated carbocycles. The van der Waals surface area contributed by atoms with Crippen molar-refractivity contribution in [3.8, 4) is 0 Å². The van der Waals surface area contributed by atoms with Gasteiger partial charge in [0.2, 0.25) is 0 Å². The van der Waals surface area contributed by atoms with Gasteiger partial charge in [0.05, 0.1) is 6.54 Å². The van der Waals surface area contributed by atoms with Crippen LogP contribution >= 0.6 is 11.3 Å². The van der Waals surface area contributed by atoms with E-state index in [4.69, 9.17) is 5.73 Å². The van der Waals surface area contributed by atoms with Crippen molar-refractivity contribution >= 4 is 17.2 Å². The Labute approximate surface area is 76.2 Å². The van der Waals surface area contributed by atoms with Crippen molar-refractivity contribution in [2.75, 3.05) is 18.8 Å². The molecule has 0 bridgehead atoms. The fourth-order valence-electron chi connectivity index (χ4n) is 1.53. The molecule has 66 valence electrons. The van der Waals surface area contributed by atoms with Crippen LogP contribution < -0.4 is 5.73 Å². The summed E-state index contributed by atoms with van der Waals surface area (Å²) < 4.78 is 0. The highest BCUT2D eigenvalue weighted by Crippen LogP contribution is 2.16. The van der Waals surface area contributed by atoms with Gasteiger partial charge in [-0.2, -0.15) is 0 Å². The monoisotopic (exact) mass is 183 g/mol. The van der Waals surface area contributed by atoms with Gasteiger partial charge in [-0.25, -0.2) is 4.98 Å². The van der Waals surface area contributed by atoms with Gasteiger partial charge in [-0.1, -0.05) is 0 Å². The maximum absolute atomic E-state index is 5.53. The summed E-state index contributed by atoms with van der Waals surface area (Å²) in [6.07, 6.45) is 2.67. The largest absolute Gasteiger partial charge is 0.383 e. The number of aromatic nitrogens is 1. The average molecular weight is 183 g/mol. The van der Waals surface area contributed by atoms with E-state index in [0.29, 0.717) is 5.82 Å². The van der Waals surface area contributed by atoms with Gasteiger partial charge in [-0.3, -0.25) is 4.90 Å². The van der Waals surface area contributed by atoms with E-state index in [0.717, 1.165) is 11.6 Å². The lowest BCUT2D eigenvalue weighted by molar-refractivity contribution is 0.331. The molecule has 1 aromatic heterocycles. The molecule has 4 heteroatoms. The molecule has 1 fully saturated rings. The van der Waals surface area contributed by atoms with Crippen molar-refractivity contribution in [2.24, 2.45) is 0 Å². The van der Waals surface area contributed by atoms with Gasteiger partial charge in [0.25, 0.3) is 0 Å². The lowest BCUT2D eigenvalue weighted by Gasteiger charge is -2.11. The molecule has 12 heavy (non-hydrogen) atoms. The summed E-state index contributed by atoms with van der Waals surface area (Å²) in [6, 6.07) is 0. The van der Waals surface area contributed by atoms with E-state index in [2.05, 4.69) is 9.88 Å². The molecule has 1 aliphatic rings. The predicted octanol–water partition coefficient (Wildman–Crippen LogP) is 1.32. The molecule has 0 aromatic carbocycles. The summed E-state index contributed by atoms with van der Waals surface area (Å²) in [4.78, 5) is 6.66. The first kappa shape index (κ1) is 8.01. The van der Waals surface area contributed by atoms with Crippen LogP contribution in [0.25, 0.3) is 0 Å². The normalized spacial score (nSPS) is 18.7. The molecule has 2 heterocycles. The molecule has 0 spiro atoms. The highest BCUT2D eigenvalue weighted by atomic mass is 32.1. The second-order valence-electron chi connectivity index (χ2n) is 3.15. The molecule has 1 aliphatic heterocycles. The summed E-state index contributed by atoms with van der Waals surface area (Å²) >= 11 is 1.66. The molecule has 3 nitrogen and oxygen atoms in total. The average Bonchev–Trinajstić information content (AvgIpc) is 2.63. The molecular formula is C8H13N3S. The number of anilines is 1. The molecule has 2 rings (SSSR count). The van der Waals surface area contributed by atoms with Crippen LogP contribution in [0.3, 0.4) is 0 Å². The Morgan fingerprint density at radius 1 is 1.50 bits per heavy atom. The third-order valence-corrected chi connectivity index (χ3v) is 2.98. The predicted molar refractivity (Wildman–Crippen MR) is 51.0 cm³/mol. The van der Waals surface area contributed by atoms with Crippen LogP contribution in [0.15, 0.2) is 5.38 Å². The number of likely N-dealkylation sites (tertiary alicyclic amines) is 1. The van der Waals surface area contributed by atoms with Crippen LogP contribution in [0.5, 0.6) is 0 Å². The van der Waals surface area contributed by atoms with Crippen molar-refractivity contribution in [3.05, 3.63) is 10.4 Å². The summed E-state index contributed by atoms with van der Waals surface area (Å²) in [5.74, 6) is 0.661. The Kier molecular flexibility index (Phi) is 2.28. The third kappa shape index (κ3) is 1.76. The summed E-state index contributed by atoms with van der Waals surface area (Å²) in [5.41, 5.74) is 5.53. The van der Waals surface area contributed by atoms with E-state index in [-0.39, 0.29) is 0 Å². The topological polar surface area (TPSA) is 42.1 Å². The molecule has 0 aliphatic carbocycles. The van der Waals surface area contributed by atoms with Crippen molar-refractivity contribution in [1.29, 1.82) is 0 Å². The van der Waals surface area contributed by atoms with Crippen molar-refractivity contribution < 1.29 is 0 Å². The van der Waals surface area contributed by atoms with Crippen LogP contribution in [-0.4, -0.2) is 23.0 Å². The van der Waals surface area contributed by atoms with Crippen molar-refractivity contribution in [3.63, 3.8) is 0 Å². The van der Waals surface area contributed by atoms with Crippen LogP contribution in [0.2, 0.25) is 0 Å². The first-order chi connectivity index (χ1) is 5.84. The summed E-state index contributed by atoms with van der Waals surface area (Å²) in [7, 11) is 0. The quantitative estimate of drug-likeness (QED) is 0.752. The van der Waals surface area contributed by atoms with E-state index < -0.39 is 0 Å². The van der Waals surface area contributed by atoms with Crippen LogP contribution in [0.1, 0.15) is 17.8 Å². The van der Waals surface area contributed by atoms with Crippen molar-refractivity contribution in [2.45, 2.75) is 19.4 Å². The number of nitrogens with two attached hydrogens (primary N) is 1. The minimum atomic E-state index is 0.661. The first-order valence-electron chi connectivity index (χ1n) is 4.27. The lowest BCUT2D eigenvalue weighted by atomic mass is 10.4. The van der Waals surface area contributed by atoms with E-state index in [1.165, 1.54) is 25.9 Å². The Hall–Kier alpha value is -0.610. The zero-order valence-electron chi connectivity index (χ0n) is 6.99. The molecule has 0 unspecified atom stereocenters. The van der Waals surface area contributed by atoms with Gasteiger partial charge in [0.1, 0.15) is 10.8 Å². The molecule has 0 radical (unpaired) electrons. The third-order valence-electron chi connectivity index (χ3n) is 2.13. The van der Waals surface area contributed by atoms with Crippen LogP contribution in [0.4, 0.5) is 5.82 Å². The fraction of sp³-hybridized carbons (Fsp3) is 0.625. The van der Waals surface area contributed by atoms with E-state index in [1.807, 2.05) is 5.38 Å². The number of nitrogens with zero attached hydrogens (tertiary/aromatic N) is 2. The van der Waals surface area contributed by atoms with Gasteiger partial charge in [0.15, 0.2) is 0 Å². The zero-order chi connectivity index (χ0) is 8.39. The molecule has 2 N–H and O–H groups in total. The Balaban J connectivity index is 1.94. The molecule has 0 amide bonds. The van der Waals surface area contributed by atoms with Gasteiger partial charge in [-0.15, -0.1) is 11.3 Å². The van der Waals surface area contributed by atoms with E-state index in [1.54, 1.807) is 11.3 Å². The van der Waals surface area contributed by atoms with Gasteiger partial charge >= 0.3 is 0 Å². The van der Waals surface area contributed by atoms with E-state index >= 15 is 0 Å². The van der Waals surface area contributed by atoms with Crippen LogP contribution in [0, 0.1) is 0 Å². The maximum Gasteiger partial charge on any atom is 0.134 e. The minimum Gasteiger partial charge on any atom is -0.383 e. The highest BCUT2D eigenvalue weighted by Gasteiger charge is 2.12. The first-order valence-corrected chi connectivity index (χ1v) is 5.15. The minimum absolute atomic E-state index is 0.661. The Bertz CT molecular complexity index is 253. The molecule has 0 atom stereocenters. The fourth-order valence-corrected chi connectivity index (χ4v) is 2.25. The Morgan fingerprint density at radius 3 is 2.83 bits per heavy atom. The number of rotatable bonds is 2.